The highest BCUT2D eigenvalue weighted by Crippen LogP contribution is 2.18. The number of likely N-dealkylation sites (tertiary alicyclic amines) is 1. The van der Waals surface area contributed by atoms with Gasteiger partial charge in [-0.2, -0.15) is 5.10 Å². The zero-order valence-electron chi connectivity index (χ0n) is 17.1. The van der Waals surface area contributed by atoms with Crippen molar-refractivity contribution >= 4 is 23.3 Å². The Hall–Kier alpha value is -3.68. The van der Waals surface area contributed by atoms with Gasteiger partial charge >= 0.3 is 6.03 Å². The third kappa shape index (κ3) is 5.09. The number of anilines is 2. The number of hydrogen-bond acceptors (Lipinski definition) is 3. The number of nitrogens with one attached hydrogen (secondary N) is 2. The van der Waals surface area contributed by atoms with Crippen LogP contribution in [-0.4, -0.2) is 39.7 Å². The fourth-order valence-electron chi connectivity index (χ4n) is 3.53. The van der Waals surface area contributed by atoms with Crippen molar-refractivity contribution in [1.82, 2.24) is 14.7 Å². The molecule has 31 heavy (non-hydrogen) atoms. The van der Waals surface area contributed by atoms with Gasteiger partial charge in [0.05, 0.1) is 11.8 Å². The van der Waals surface area contributed by atoms with Crippen LogP contribution in [0.4, 0.5) is 20.6 Å². The first-order valence-corrected chi connectivity index (χ1v) is 10.4. The zero-order chi connectivity index (χ0) is 21.6. The fourth-order valence-corrected chi connectivity index (χ4v) is 3.53. The molecular formula is C23H24FN5O2. The van der Waals surface area contributed by atoms with Crippen LogP contribution in [0.25, 0.3) is 5.69 Å². The molecule has 1 aromatic heterocycles. The molecule has 1 aliphatic heterocycles. The maximum atomic E-state index is 13.9. The monoisotopic (exact) mass is 421 g/mol. The summed E-state index contributed by atoms with van der Waals surface area (Å²) in [5, 5.41) is 9.76. The van der Waals surface area contributed by atoms with Crippen molar-refractivity contribution in [3.8, 4) is 5.69 Å². The van der Waals surface area contributed by atoms with E-state index in [4.69, 9.17) is 0 Å². The van der Waals surface area contributed by atoms with Crippen LogP contribution in [0.1, 0.15) is 36.0 Å². The van der Waals surface area contributed by atoms with Crippen LogP contribution >= 0.6 is 0 Å². The summed E-state index contributed by atoms with van der Waals surface area (Å²) >= 11 is 0. The van der Waals surface area contributed by atoms with Gasteiger partial charge in [0.25, 0.3) is 5.91 Å². The van der Waals surface area contributed by atoms with E-state index in [-0.39, 0.29) is 17.6 Å². The zero-order valence-corrected chi connectivity index (χ0v) is 17.1. The van der Waals surface area contributed by atoms with E-state index in [1.807, 2.05) is 4.90 Å². The first-order valence-electron chi connectivity index (χ1n) is 10.4. The molecule has 0 saturated carbocycles. The quantitative estimate of drug-likeness (QED) is 0.642. The first-order chi connectivity index (χ1) is 15.1. The fraction of sp³-hybridized carbons (Fsp3) is 0.261. The van der Waals surface area contributed by atoms with Crippen molar-refractivity contribution in [2.75, 3.05) is 23.7 Å². The molecule has 2 aromatic carbocycles. The average Bonchev–Trinajstić information content (AvgIpc) is 3.10. The maximum Gasteiger partial charge on any atom is 0.321 e. The summed E-state index contributed by atoms with van der Waals surface area (Å²) in [5.41, 5.74) is 1.82. The number of benzene rings is 2. The van der Waals surface area contributed by atoms with Gasteiger partial charge in [0.2, 0.25) is 0 Å². The van der Waals surface area contributed by atoms with Gasteiger partial charge in [-0.25, -0.2) is 13.9 Å². The van der Waals surface area contributed by atoms with Crippen LogP contribution in [0.2, 0.25) is 0 Å². The second-order valence-corrected chi connectivity index (χ2v) is 7.49. The van der Waals surface area contributed by atoms with Crippen LogP contribution in [0.5, 0.6) is 0 Å². The predicted molar refractivity (Wildman–Crippen MR) is 117 cm³/mol. The molecule has 160 valence electrons. The van der Waals surface area contributed by atoms with Crippen molar-refractivity contribution in [2.45, 2.75) is 25.7 Å². The van der Waals surface area contributed by atoms with Gasteiger partial charge in [-0.05, 0) is 49.2 Å². The number of amides is 3. The Kier molecular flexibility index (Phi) is 6.26. The molecule has 0 bridgehead atoms. The second-order valence-electron chi connectivity index (χ2n) is 7.49. The molecular weight excluding hydrogens is 397 g/mol. The molecule has 8 heteroatoms. The highest BCUT2D eigenvalue weighted by molar-refractivity contribution is 6.04. The summed E-state index contributed by atoms with van der Waals surface area (Å²) in [7, 11) is 0. The number of para-hydroxylation sites is 1. The smallest absolute Gasteiger partial charge is 0.321 e. The summed E-state index contributed by atoms with van der Waals surface area (Å²) in [6.45, 7) is 1.56. The van der Waals surface area contributed by atoms with Crippen molar-refractivity contribution in [2.24, 2.45) is 0 Å². The summed E-state index contributed by atoms with van der Waals surface area (Å²) < 4.78 is 15.2. The molecule has 3 aromatic rings. The Bertz CT molecular complexity index is 1060. The molecule has 3 amide bonds. The molecule has 7 nitrogen and oxygen atoms in total. The van der Waals surface area contributed by atoms with E-state index in [2.05, 4.69) is 15.7 Å². The van der Waals surface area contributed by atoms with Gasteiger partial charge in [0.1, 0.15) is 11.5 Å². The van der Waals surface area contributed by atoms with Gasteiger partial charge < -0.3 is 15.5 Å². The Balaban J connectivity index is 1.36. The van der Waals surface area contributed by atoms with Gasteiger partial charge in [-0.3, -0.25) is 4.79 Å². The minimum absolute atomic E-state index is 0.0979. The van der Waals surface area contributed by atoms with Crippen molar-refractivity contribution in [3.05, 3.63) is 72.3 Å². The number of hydrogen-bond donors (Lipinski definition) is 2. The molecule has 1 saturated heterocycles. The lowest BCUT2D eigenvalue weighted by molar-refractivity contribution is 0.102. The van der Waals surface area contributed by atoms with E-state index >= 15 is 0 Å². The third-order valence-corrected chi connectivity index (χ3v) is 5.23. The van der Waals surface area contributed by atoms with E-state index in [1.165, 1.54) is 23.1 Å². The van der Waals surface area contributed by atoms with E-state index in [9.17, 15) is 14.0 Å². The minimum atomic E-state index is -0.421. The lowest BCUT2D eigenvalue weighted by Gasteiger charge is -2.20. The number of carbonyl (C=O) groups excluding carboxylic acids is 2. The Morgan fingerprint density at radius 2 is 1.52 bits per heavy atom. The second kappa shape index (κ2) is 9.42. The number of carbonyl (C=O) groups is 2. The van der Waals surface area contributed by atoms with Gasteiger partial charge in [-0.15, -0.1) is 0 Å². The van der Waals surface area contributed by atoms with Crippen LogP contribution in [0.15, 0.2) is 60.9 Å². The standard InChI is InChI=1S/C23H24FN5O2/c24-20-7-3-4-8-21(20)29-16-17(15-25-29)22(30)26-18-9-11-19(12-10-18)27-23(31)28-13-5-1-2-6-14-28/h3-4,7-12,15-16H,1-2,5-6,13-14H2,(H,26,30)(H,27,31). The summed E-state index contributed by atoms with van der Waals surface area (Å²) in [5.74, 6) is -0.778. The van der Waals surface area contributed by atoms with E-state index in [1.54, 1.807) is 42.5 Å². The van der Waals surface area contributed by atoms with Gasteiger partial charge in [0, 0.05) is 30.7 Å². The molecule has 0 radical (unpaired) electrons. The number of aromatic nitrogens is 2. The van der Waals surface area contributed by atoms with Gasteiger partial charge in [0.15, 0.2) is 0 Å². The summed E-state index contributed by atoms with van der Waals surface area (Å²) in [4.78, 5) is 26.8. The van der Waals surface area contributed by atoms with Crippen LogP contribution < -0.4 is 10.6 Å². The topological polar surface area (TPSA) is 79.3 Å². The highest BCUT2D eigenvalue weighted by Gasteiger charge is 2.16. The van der Waals surface area contributed by atoms with Crippen molar-refractivity contribution in [3.63, 3.8) is 0 Å². The highest BCUT2D eigenvalue weighted by atomic mass is 19.1. The molecule has 1 fully saturated rings. The van der Waals surface area contributed by atoms with Crippen LogP contribution in [0.3, 0.4) is 0 Å². The van der Waals surface area contributed by atoms with Gasteiger partial charge in [-0.1, -0.05) is 25.0 Å². The first kappa shape index (κ1) is 20.6. The van der Waals surface area contributed by atoms with E-state index in [0.717, 1.165) is 38.8 Å². The van der Waals surface area contributed by atoms with Crippen molar-refractivity contribution < 1.29 is 14.0 Å². The molecule has 0 aliphatic carbocycles. The van der Waals surface area contributed by atoms with Crippen LogP contribution in [-0.2, 0) is 0 Å². The Morgan fingerprint density at radius 1 is 0.871 bits per heavy atom. The molecule has 0 atom stereocenters. The number of urea groups is 1. The number of halogens is 1. The normalized spacial score (nSPS) is 14.0. The molecule has 0 unspecified atom stereocenters. The predicted octanol–water partition coefficient (Wildman–Crippen LogP) is 4.67. The summed E-state index contributed by atoms with van der Waals surface area (Å²) in [6.07, 6.45) is 7.26. The SMILES string of the molecule is O=C(Nc1ccc(NC(=O)N2CCCCCC2)cc1)c1cnn(-c2ccccc2F)c1. The third-order valence-electron chi connectivity index (χ3n) is 5.23. The molecule has 4 rings (SSSR count). The minimum Gasteiger partial charge on any atom is -0.325 e. The molecule has 0 spiro atoms. The average molecular weight is 421 g/mol. The largest absolute Gasteiger partial charge is 0.325 e. The van der Waals surface area contributed by atoms with Crippen molar-refractivity contribution in [1.29, 1.82) is 0 Å². The Labute approximate surface area is 179 Å². The Morgan fingerprint density at radius 3 is 2.19 bits per heavy atom. The van der Waals surface area contributed by atoms with Crippen LogP contribution in [0, 0.1) is 5.82 Å². The number of nitrogens with zero attached hydrogens (tertiary/aromatic N) is 3. The number of rotatable bonds is 4. The lowest BCUT2D eigenvalue weighted by Crippen LogP contribution is -2.35. The summed E-state index contributed by atoms with van der Waals surface area (Å²) in [6, 6.07) is 13.0. The van der Waals surface area contributed by atoms with E-state index in [0.29, 0.717) is 16.9 Å². The van der Waals surface area contributed by atoms with E-state index < -0.39 is 5.82 Å². The molecule has 1 aliphatic rings. The molecule has 2 heterocycles. The maximum absolute atomic E-state index is 13.9. The lowest BCUT2D eigenvalue weighted by atomic mass is 10.2. The molecule has 2 N–H and O–H groups in total.